The van der Waals surface area contributed by atoms with E-state index in [9.17, 15) is 14.3 Å². The lowest BCUT2D eigenvalue weighted by Gasteiger charge is -2.41. The molecule has 5 nitrogen and oxygen atoms in total. The molecule has 0 bridgehead atoms. The highest BCUT2D eigenvalue weighted by atomic mass is 127. The molecule has 0 radical (unpaired) electrons. The Morgan fingerprint density at radius 3 is 2.23 bits per heavy atom. The molecule has 3 aromatic carbocycles. The zero-order valence-corrected chi connectivity index (χ0v) is 25.7. The molecule has 210 valence electrons. The minimum atomic E-state index is -3.96. The molecule has 0 aromatic heterocycles. The molecule has 0 heterocycles. The summed E-state index contributed by atoms with van der Waals surface area (Å²) < 4.78 is 23.8. The highest BCUT2D eigenvalue weighted by Gasteiger charge is 2.42. The number of carbonyl (C=O) groups is 1. The van der Waals surface area contributed by atoms with Crippen molar-refractivity contribution in [2.24, 2.45) is 0 Å². The Hall–Kier alpha value is -2.51. The molecule has 4 rings (SSSR count). The summed E-state index contributed by atoms with van der Waals surface area (Å²) >= 11 is 2.20. The molecule has 3 atom stereocenters. The van der Waals surface area contributed by atoms with Crippen molar-refractivity contribution in [3.8, 4) is 11.1 Å². The molecular formula is C33H37INO4P. The van der Waals surface area contributed by atoms with Gasteiger partial charge in [0.15, 0.2) is 0 Å². The van der Waals surface area contributed by atoms with Crippen molar-refractivity contribution in [1.29, 1.82) is 0 Å². The number of allylic oxidation sites excluding steroid dienone is 2. The molecule has 1 fully saturated rings. The minimum Gasteiger partial charge on any atom is -0.458 e. The Morgan fingerprint density at radius 2 is 1.52 bits per heavy atom. The number of nitrogens with zero attached hydrogens (tertiary/aromatic N) is 1. The van der Waals surface area contributed by atoms with Gasteiger partial charge in [0.1, 0.15) is 6.10 Å². The second-order valence-corrected chi connectivity index (χ2v) is 12.9. The van der Waals surface area contributed by atoms with Crippen molar-refractivity contribution in [3.63, 3.8) is 0 Å². The van der Waals surface area contributed by atoms with Crippen molar-refractivity contribution in [1.82, 2.24) is 4.67 Å². The first-order chi connectivity index (χ1) is 19.5. The van der Waals surface area contributed by atoms with Crippen molar-refractivity contribution in [2.75, 3.05) is 0 Å². The van der Waals surface area contributed by atoms with E-state index >= 15 is 0 Å². The molecule has 0 aliphatic heterocycles. The maximum absolute atomic E-state index is 14.2. The van der Waals surface area contributed by atoms with Crippen LogP contribution in [0.15, 0.2) is 107 Å². The summed E-state index contributed by atoms with van der Waals surface area (Å²) in [6.07, 6.45) is 10.9. The fourth-order valence-electron chi connectivity index (χ4n) is 5.15. The first-order valence-corrected chi connectivity index (χ1v) is 16.8. The van der Waals surface area contributed by atoms with Crippen LogP contribution in [0.2, 0.25) is 0 Å². The number of halogens is 1. The number of ether oxygens (including phenoxy) is 1. The number of carbonyl (C=O) groups excluding carboxylic acids is 1. The predicted octanol–water partition coefficient (Wildman–Crippen LogP) is 8.20. The zero-order valence-electron chi connectivity index (χ0n) is 22.6. The van der Waals surface area contributed by atoms with Gasteiger partial charge in [0.2, 0.25) is 0 Å². The summed E-state index contributed by atoms with van der Waals surface area (Å²) in [5.74, 6) is -0.388. The number of benzene rings is 3. The highest BCUT2D eigenvalue weighted by molar-refractivity contribution is 14.1. The van der Waals surface area contributed by atoms with Gasteiger partial charge in [0.25, 0.3) is 7.52 Å². The molecule has 0 amide bonds. The van der Waals surface area contributed by atoms with E-state index in [1.807, 2.05) is 58.7 Å². The van der Waals surface area contributed by atoms with E-state index in [0.29, 0.717) is 18.1 Å². The Bertz CT molecular complexity index is 1310. The van der Waals surface area contributed by atoms with Gasteiger partial charge in [-0.15, -0.1) is 0 Å². The Kier molecular flexibility index (Phi) is 11.8. The van der Waals surface area contributed by atoms with Crippen molar-refractivity contribution >= 4 is 41.4 Å². The number of esters is 1. The van der Waals surface area contributed by atoms with Crippen LogP contribution in [0, 0.1) is 0 Å². The Balaban J connectivity index is 1.56. The van der Waals surface area contributed by atoms with Gasteiger partial charge in [0.05, 0.1) is 11.3 Å². The van der Waals surface area contributed by atoms with Crippen LogP contribution in [0.4, 0.5) is 0 Å². The van der Waals surface area contributed by atoms with Crippen molar-refractivity contribution in [2.45, 2.75) is 63.6 Å². The molecule has 1 N–H and O–H groups in total. The standard InChI is InChI=1S/C33H37INO4P/c34-25-13-3-1-2-10-20-33(36)39-32-19-12-11-18-31(32)35(40(37,38)30-16-8-5-9-17-30)26-27-21-23-29(24-22-27)28-14-6-4-7-15-28/h4-10,13-17,20-25,31-32H,1-3,11-12,18-19,26H2,(H,37,38)/b20-10+,25-13+/t31-,32-/m1/s1. The van der Waals surface area contributed by atoms with Crippen LogP contribution in [-0.2, 0) is 20.6 Å². The average Bonchev–Trinajstić information content (AvgIpc) is 2.99. The largest absolute Gasteiger partial charge is 0.458 e. The van der Waals surface area contributed by atoms with Gasteiger partial charge in [-0.3, -0.25) is 4.57 Å². The lowest BCUT2D eigenvalue weighted by molar-refractivity contribution is -0.147. The Labute approximate surface area is 251 Å². The molecule has 1 aliphatic carbocycles. The summed E-state index contributed by atoms with van der Waals surface area (Å²) in [4.78, 5) is 24.4. The van der Waals surface area contributed by atoms with Gasteiger partial charge in [-0.05, 0) is 71.4 Å². The molecule has 0 saturated heterocycles. The summed E-state index contributed by atoms with van der Waals surface area (Å²) in [5, 5.41) is 0.381. The molecule has 7 heteroatoms. The molecule has 1 aliphatic rings. The number of unbranched alkanes of at least 4 members (excludes halogenated alkanes) is 2. The summed E-state index contributed by atoms with van der Waals surface area (Å²) in [5.41, 5.74) is 3.14. The average molecular weight is 670 g/mol. The molecule has 3 aromatic rings. The van der Waals surface area contributed by atoms with E-state index in [1.165, 1.54) is 6.08 Å². The summed E-state index contributed by atoms with van der Waals surface area (Å²) in [6.45, 7) is 0.274. The molecule has 0 spiro atoms. The van der Waals surface area contributed by atoms with Gasteiger partial charge < -0.3 is 9.63 Å². The lowest BCUT2D eigenvalue weighted by Crippen LogP contribution is -2.46. The third-order valence-corrected chi connectivity index (χ3v) is 9.86. The zero-order chi connectivity index (χ0) is 28.2. The van der Waals surface area contributed by atoms with Crippen LogP contribution >= 0.6 is 30.1 Å². The summed E-state index contributed by atoms with van der Waals surface area (Å²) in [7, 11) is -3.96. The predicted molar refractivity (Wildman–Crippen MR) is 172 cm³/mol. The normalized spacial score (nSPS) is 19.2. The quantitative estimate of drug-likeness (QED) is 0.0693. The van der Waals surface area contributed by atoms with Crippen LogP contribution in [0.25, 0.3) is 11.1 Å². The third-order valence-electron chi connectivity index (χ3n) is 7.25. The van der Waals surface area contributed by atoms with Crippen molar-refractivity contribution < 1.29 is 19.0 Å². The molecular weight excluding hydrogens is 632 g/mol. The smallest absolute Gasteiger partial charge is 0.330 e. The highest BCUT2D eigenvalue weighted by Crippen LogP contribution is 2.49. The van der Waals surface area contributed by atoms with Crippen LogP contribution < -0.4 is 5.30 Å². The number of hydrogen-bond donors (Lipinski definition) is 1. The van der Waals surface area contributed by atoms with Crippen LogP contribution in [0.3, 0.4) is 0 Å². The van der Waals surface area contributed by atoms with Crippen LogP contribution in [0.5, 0.6) is 0 Å². The topological polar surface area (TPSA) is 66.8 Å². The fourth-order valence-corrected chi connectivity index (χ4v) is 7.38. The molecule has 1 saturated carbocycles. The van der Waals surface area contributed by atoms with Gasteiger partial charge in [-0.1, -0.05) is 114 Å². The van der Waals surface area contributed by atoms with E-state index in [4.69, 9.17) is 4.74 Å². The van der Waals surface area contributed by atoms with Crippen molar-refractivity contribution in [3.05, 3.63) is 113 Å². The maximum Gasteiger partial charge on any atom is 0.330 e. The van der Waals surface area contributed by atoms with Gasteiger partial charge >= 0.3 is 5.97 Å². The second-order valence-electron chi connectivity index (χ2n) is 10.1. The van der Waals surface area contributed by atoms with E-state index in [2.05, 4.69) is 40.8 Å². The first-order valence-electron chi connectivity index (χ1n) is 13.9. The second kappa shape index (κ2) is 15.5. The maximum atomic E-state index is 14.2. The van der Waals surface area contributed by atoms with Gasteiger partial charge in [-0.25, -0.2) is 9.46 Å². The number of rotatable bonds is 12. The third kappa shape index (κ3) is 8.50. The number of hydrogen-bond acceptors (Lipinski definition) is 3. The first kappa shape index (κ1) is 30.4. The van der Waals surface area contributed by atoms with Crippen LogP contribution in [-0.4, -0.2) is 27.7 Å². The van der Waals surface area contributed by atoms with Gasteiger partial charge in [-0.2, -0.15) is 0 Å². The fraction of sp³-hybridized carbons (Fsp3) is 0.303. The van der Waals surface area contributed by atoms with E-state index in [0.717, 1.165) is 48.8 Å². The molecule has 40 heavy (non-hydrogen) atoms. The van der Waals surface area contributed by atoms with Gasteiger partial charge in [0, 0.05) is 12.6 Å². The minimum absolute atomic E-state index is 0.274. The monoisotopic (exact) mass is 669 g/mol. The van der Waals surface area contributed by atoms with Crippen LogP contribution in [0.1, 0.15) is 50.5 Å². The molecule has 1 unspecified atom stereocenters. The SMILES string of the molecule is O=C(/C=C/CCC/C=C/I)O[C@@H]1CCCC[C@H]1N(Cc1ccc(-c2ccccc2)cc1)P(=O)(O)c1ccccc1. The lowest BCUT2D eigenvalue weighted by atomic mass is 9.92. The van der Waals surface area contributed by atoms with E-state index in [-0.39, 0.29) is 18.6 Å². The van der Waals surface area contributed by atoms with E-state index in [1.54, 1.807) is 28.9 Å². The summed E-state index contributed by atoms with van der Waals surface area (Å²) in [6, 6.07) is 26.7. The van der Waals surface area contributed by atoms with E-state index < -0.39 is 13.6 Å². The Morgan fingerprint density at radius 1 is 0.900 bits per heavy atom.